The molecule has 1 aliphatic rings. The first-order valence-corrected chi connectivity index (χ1v) is 8.92. The molecular weight excluding hydrogens is 340 g/mol. The standard InChI is InChI=1S/C18H23ClN4O2/c1-11-14(15-9-13(19)4-5-16(15)22-11)6-7-21-17(24)12-3-2-8-23(10-12)18(20)25/h4-5,9,12,22H,2-3,6-8,10H2,1H3,(H2,20,25)(H,21,24). The number of primary amides is 1. The van der Waals surface area contributed by atoms with Crippen molar-refractivity contribution in [1.29, 1.82) is 0 Å². The van der Waals surface area contributed by atoms with Crippen LogP contribution >= 0.6 is 11.6 Å². The number of urea groups is 1. The summed E-state index contributed by atoms with van der Waals surface area (Å²) < 4.78 is 0. The van der Waals surface area contributed by atoms with Crippen LogP contribution in [0.25, 0.3) is 10.9 Å². The minimum absolute atomic E-state index is 0.0125. The molecule has 1 aromatic heterocycles. The Bertz CT molecular complexity index is 802. The Morgan fingerprint density at radius 2 is 2.24 bits per heavy atom. The van der Waals surface area contributed by atoms with Crippen molar-refractivity contribution in [3.63, 3.8) is 0 Å². The Morgan fingerprint density at radius 1 is 1.44 bits per heavy atom. The van der Waals surface area contributed by atoms with Gasteiger partial charge in [-0.2, -0.15) is 0 Å². The number of halogens is 1. The molecule has 1 atom stereocenters. The van der Waals surface area contributed by atoms with Crippen molar-refractivity contribution >= 4 is 34.4 Å². The molecule has 0 saturated carbocycles. The van der Waals surface area contributed by atoms with Gasteiger partial charge in [-0.25, -0.2) is 4.79 Å². The summed E-state index contributed by atoms with van der Waals surface area (Å²) in [5.41, 5.74) is 8.62. The first-order valence-electron chi connectivity index (χ1n) is 8.54. The summed E-state index contributed by atoms with van der Waals surface area (Å²) in [5.74, 6) is -0.193. The number of fused-ring (bicyclic) bond motifs is 1. The molecular formula is C18H23ClN4O2. The minimum atomic E-state index is -0.455. The van der Waals surface area contributed by atoms with Crippen molar-refractivity contribution < 1.29 is 9.59 Å². The van der Waals surface area contributed by atoms with Crippen LogP contribution in [0.1, 0.15) is 24.1 Å². The van der Waals surface area contributed by atoms with Gasteiger partial charge in [-0.05, 0) is 49.9 Å². The number of likely N-dealkylation sites (tertiary alicyclic amines) is 1. The van der Waals surface area contributed by atoms with Gasteiger partial charge >= 0.3 is 6.03 Å². The highest BCUT2D eigenvalue weighted by Crippen LogP contribution is 2.25. The maximum atomic E-state index is 12.4. The van der Waals surface area contributed by atoms with Crippen LogP contribution in [0.15, 0.2) is 18.2 Å². The van der Waals surface area contributed by atoms with E-state index in [4.69, 9.17) is 17.3 Å². The van der Waals surface area contributed by atoms with Gasteiger partial charge in [0.25, 0.3) is 0 Å². The number of nitrogens with two attached hydrogens (primary N) is 1. The van der Waals surface area contributed by atoms with E-state index in [1.807, 2.05) is 25.1 Å². The van der Waals surface area contributed by atoms with Gasteiger partial charge in [0.15, 0.2) is 0 Å². The third-order valence-electron chi connectivity index (χ3n) is 4.86. The quantitative estimate of drug-likeness (QED) is 0.780. The van der Waals surface area contributed by atoms with Gasteiger partial charge in [0, 0.05) is 41.3 Å². The van der Waals surface area contributed by atoms with Crippen LogP contribution in [0, 0.1) is 12.8 Å². The summed E-state index contributed by atoms with van der Waals surface area (Å²) in [6, 6.07) is 5.32. The predicted molar refractivity (Wildman–Crippen MR) is 98.6 cm³/mol. The third-order valence-corrected chi connectivity index (χ3v) is 5.09. The van der Waals surface area contributed by atoms with Gasteiger partial charge in [-0.1, -0.05) is 11.6 Å². The molecule has 0 spiro atoms. The molecule has 7 heteroatoms. The number of benzene rings is 1. The van der Waals surface area contributed by atoms with Crippen LogP contribution in [-0.2, 0) is 11.2 Å². The zero-order valence-electron chi connectivity index (χ0n) is 14.3. The van der Waals surface area contributed by atoms with E-state index in [0.29, 0.717) is 24.7 Å². The van der Waals surface area contributed by atoms with Gasteiger partial charge in [-0.3, -0.25) is 4.79 Å². The second kappa shape index (κ2) is 7.35. The second-order valence-electron chi connectivity index (χ2n) is 6.58. The number of nitrogens with one attached hydrogen (secondary N) is 2. The molecule has 0 radical (unpaired) electrons. The van der Waals surface area contributed by atoms with Gasteiger partial charge in [-0.15, -0.1) is 0 Å². The number of aromatic nitrogens is 1. The number of hydrogen-bond acceptors (Lipinski definition) is 2. The summed E-state index contributed by atoms with van der Waals surface area (Å²) in [7, 11) is 0. The maximum Gasteiger partial charge on any atom is 0.314 e. The Morgan fingerprint density at radius 3 is 3.00 bits per heavy atom. The molecule has 3 rings (SSSR count). The molecule has 1 aliphatic heterocycles. The lowest BCUT2D eigenvalue weighted by Gasteiger charge is -2.30. The highest BCUT2D eigenvalue weighted by atomic mass is 35.5. The number of carbonyl (C=O) groups excluding carboxylic acids is 2. The van der Waals surface area contributed by atoms with Gasteiger partial charge < -0.3 is 20.9 Å². The predicted octanol–water partition coefficient (Wildman–Crippen LogP) is 2.58. The number of aryl methyl sites for hydroxylation is 1. The summed E-state index contributed by atoms with van der Waals surface area (Å²) in [5, 5.41) is 4.79. The highest BCUT2D eigenvalue weighted by molar-refractivity contribution is 6.31. The molecule has 4 N–H and O–H groups in total. The van der Waals surface area contributed by atoms with E-state index in [1.54, 1.807) is 4.90 Å². The number of amides is 3. The van der Waals surface area contributed by atoms with E-state index in [0.717, 1.165) is 35.9 Å². The van der Waals surface area contributed by atoms with Crippen molar-refractivity contribution in [2.75, 3.05) is 19.6 Å². The van der Waals surface area contributed by atoms with Crippen molar-refractivity contribution in [3.05, 3.63) is 34.5 Å². The largest absolute Gasteiger partial charge is 0.358 e. The Hall–Kier alpha value is -2.21. The van der Waals surface area contributed by atoms with Crippen molar-refractivity contribution in [1.82, 2.24) is 15.2 Å². The zero-order chi connectivity index (χ0) is 18.0. The molecule has 134 valence electrons. The minimum Gasteiger partial charge on any atom is -0.358 e. The summed E-state index contributed by atoms with van der Waals surface area (Å²) >= 11 is 6.10. The molecule has 2 heterocycles. The lowest BCUT2D eigenvalue weighted by molar-refractivity contribution is -0.126. The topological polar surface area (TPSA) is 91.2 Å². The normalized spacial score (nSPS) is 17.7. The smallest absolute Gasteiger partial charge is 0.314 e. The van der Waals surface area contributed by atoms with Crippen LogP contribution < -0.4 is 11.1 Å². The summed E-state index contributed by atoms with van der Waals surface area (Å²) in [6.07, 6.45) is 2.32. The Kier molecular flexibility index (Phi) is 5.18. The van der Waals surface area contributed by atoms with E-state index in [-0.39, 0.29) is 11.8 Å². The SMILES string of the molecule is Cc1[nH]c2ccc(Cl)cc2c1CCNC(=O)C1CCCN(C(N)=O)C1. The molecule has 0 bridgehead atoms. The lowest BCUT2D eigenvalue weighted by atomic mass is 9.97. The molecule has 25 heavy (non-hydrogen) atoms. The van der Waals surface area contributed by atoms with E-state index in [9.17, 15) is 9.59 Å². The number of H-pyrrole nitrogens is 1. The van der Waals surface area contributed by atoms with E-state index in [2.05, 4.69) is 10.3 Å². The molecule has 0 aliphatic carbocycles. The molecule has 1 unspecified atom stereocenters. The summed E-state index contributed by atoms with van der Waals surface area (Å²) in [6.45, 7) is 3.61. The van der Waals surface area contributed by atoms with Crippen LogP contribution in [-0.4, -0.2) is 41.5 Å². The first kappa shape index (κ1) is 17.6. The first-order chi connectivity index (χ1) is 12.0. The number of carbonyl (C=O) groups is 2. The molecule has 2 aromatic rings. The van der Waals surface area contributed by atoms with E-state index in [1.165, 1.54) is 5.56 Å². The van der Waals surface area contributed by atoms with Crippen molar-refractivity contribution in [2.45, 2.75) is 26.2 Å². The monoisotopic (exact) mass is 362 g/mol. The summed E-state index contributed by atoms with van der Waals surface area (Å²) in [4.78, 5) is 28.5. The zero-order valence-corrected chi connectivity index (χ0v) is 15.0. The molecule has 1 saturated heterocycles. The second-order valence-corrected chi connectivity index (χ2v) is 7.02. The van der Waals surface area contributed by atoms with Crippen LogP contribution in [0.3, 0.4) is 0 Å². The van der Waals surface area contributed by atoms with Gasteiger partial charge in [0.05, 0.1) is 5.92 Å². The van der Waals surface area contributed by atoms with Crippen LogP contribution in [0.4, 0.5) is 4.79 Å². The van der Waals surface area contributed by atoms with Crippen LogP contribution in [0.2, 0.25) is 5.02 Å². The molecule has 6 nitrogen and oxygen atoms in total. The maximum absolute atomic E-state index is 12.4. The number of aromatic amines is 1. The molecule has 3 amide bonds. The Balaban J connectivity index is 1.59. The average Bonchev–Trinajstić information content (AvgIpc) is 2.90. The van der Waals surface area contributed by atoms with Crippen molar-refractivity contribution in [2.24, 2.45) is 11.7 Å². The van der Waals surface area contributed by atoms with Gasteiger partial charge in [0.1, 0.15) is 0 Å². The number of hydrogen-bond donors (Lipinski definition) is 3. The average molecular weight is 363 g/mol. The fourth-order valence-electron chi connectivity index (χ4n) is 3.52. The number of piperidine rings is 1. The highest BCUT2D eigenvalue weighted by Gasteiger charge is 2.27. The van der Waals surface area contributed by atoms with E-state index >= 15 is 0 Å². The Labute approximate surface area is 151 Å². The van der Waals surface area contributed by atoms with Gasteiger partial charge in [0.2, 0.25) is 5.91 Å². The number of rotatable bonds is 4. The van der Waals surface area contributed by atoms with Crippen LogP contribution in [0.5, 0.6) is 0 Å². The fourth-order valence-corrected chi connectivity index (χ4v) is 3.70. The fraction of sp³-hybridized carbons (Fsp3) is 0.444. The molecule has 1 aromatic carbocycles. The van der Waals surface area contributed by atoms with Crippen molar-refractivity contribution in [3.8, 4) is 0 Å². The molecule has 1 fully saturated rings. The lowest BCUT2D eigenvalue weighted by Crippen LogP contribution is -2.47. The number of nitrogens with zero attached hydrogens (tertiary/aromatic N) is 1. The third kappa shape index (κ3) is 3.90. The van der Waals surface area contributed by atoms with E-state index < -0.39 is 6.03 Å².